The molecule has 0 heterocycles. The monoisotopic (exact) mass is 332 g/mol. The number of benzene rings is 1. The molecule has 0 saturated heterocycles. The lowest BCUT2D eigenvalue weighted by Gasteiger charge is -2.39. The molecule has 1 saturated carbocycles. The molecule has 1 aliphatic rings. The molecule has 2 rings (SSSR count). The average Bonchev–Trinajstić information content (AvgIpc) is 2.59. The minimum Gasteiger partial charge on any atom is -0.466 e. The fraction of sp³-hybridized carbons (Fsp3) is 0.650. The van der Waals surface area contributed by atoms with Crippen molar-refractivity contribution in [3.63, 3.8) is 0 Å². The Morgan fingerprint density at radius 1 is 1.12 bits per heavy atom. The van der Waals surface area contributed by atoms with Gasteiger partial charge in [0.15, 0.2) is 0 Å². The van der Waals surface area contributed by atoms with Crippen LogP contribution in [0, 0.1) is 5.92 Å². The second-order valence-electron chi connectivity index (χ2n) is 6.97. The molecule has 0 spiro atoms. The lowest BCUT2D eigenvalue weighted by molar-refractivity contribution is -0.152. The van der Waals surface area contributed by atoms with Crippen LogP contribution in [-0.2, 0) is 16.1 Å². The molecule has 0 unspecified atom stereocenters. The van der Waals surface area contributed by atoms with Gasteiger partial charge in [0.2, 0.25) is 0 Å². The third-order valence-electron chi connectivity index (χ3n) is 4.85. The molecule has 134 valence electrons. The van der Waals surface area contributed by atoms with Gasteiger partial charge >= 0.3 is 5.97 Å². The standard InChI is InChI=1S/C20H32N2O2/c1-4-24-20(23)18-12-8-9-13-19(18)22(15-14-21(2)3)16-17-10-6-5-7-11-17/h5-7,10-11,18-19H,4,8-9,12-16H2,1-3H3/t18-,19+/m1/s1. The highest BCUT2D eigenvalue weighted by atomic mass is 16.5. The number of carbonyl (C=O) groups is 1. The van der Waals surface area contributed by atoms with Gasteiger partial charge in [-0.3, -0.25) is 9.69 Å². The third-order valence-corrected chi connectivity index (χ3v) is 4.85. The first-order valence-electron chi connectivity index (χ1n) is 9.21. The van der Waals surface area contributed by atoms with Gasteiger partial charge in [-0.25, -0.2) is 0 Å². The maximum atomic E-state index is 12.4. The molecule has 1 aliphatic carbocycles. The van der Waals surface area contributed by atoms with E-state index in [0.29, 0.717) is 6.61 Å². The highest BCUT2D eigenvalue weighted by Gasteiger charge is 2.35. The summed E-state index contributed by atoms with van der Waals surface area (Å²) in [4.78, 5) is 17.1. The molecule has 0 N–H and O–H groups in total. The molecular formula is C20H32N2O2. The highest BCUT2D eigenvalue weighted by Crippen LogP contribution is 2.30. The van der Waals surface area contributed by atoms with Crippen molar-refractivity contribution in [3.05, 3.63) is 35.9 Å². The fourth-order valence-electron chi connectivity index (χ4n) is 3.58. The Hall–Kier alpha value is -1.39. The van der Waals surface area contributed by atoms with E-state index >= 15 is 0 Å². The number of carbonyl (C=O) groups excluding carboxylic acids is 1. The van der Waals surface area contributed by atoms with Gasteiger partial charge in [0, 0.05) is 25.7 Å². The fourth-order valence-corrected chi connectivity index (χ4v) is 3.58. The minimum atomic E-state index is -0.00915. The van der Waals surface area contributed by atoms with E-state index in [-0.39, 0.29) is 17.9 Å². The first-order valence-corrected chi connectivity index (χ1v) is 9.21. The van der Waals surface area contributed by atoms with E-state index in [9.17, 15) is 4.79 Å². The lowest BCUT2D eigenvalue weighted by Crippen LogP contribution is -2.47. The molecule has 24 heavy (non-hydrogen) atoms. The summed E-state index contributed by atoms with van der Waals surface area (Å²) in [5.74, 6) is 0.00897. The number of esters is 1. The van der Waals surface area contributed by atoms with Crippen LogP contribution >= 0.6 is 0 Å². The van der Waals surface area contributed by atoms with Gasteiger partial charge in [-0.05, 0) is 39.4 Å². The zero-order valence-corrected chi connectivity index (χ0v) is 15.4. The molecule has 0 aliphatic heterocycles. The van der Waals surface area contributed by atoms with E-state index in [1.54, 1.807) is 0 Å². The Bertz CT molecular complexity index is 490. The van der Waals surface area contributed by atoms with E-state index in [1.165, 1.54) is 12.0 Å². The van der Waals surface area contributed by atoms with Crippen LogP contribution in [0.3, 0.4) is 0 Å². The second kappa shape index (κ2) is 9.80. The molecule has 0 amide bonds. The maximum absolute atomic E-state index is 12.4. The van der Waals surface area contributed by atoms with Crippen molar-refractivity contribution in [2.45, 2.75) is 45.2 Å². The summed E-state index contributed by atoms with van der Waals surface area (Å²) in [6.07, 6.45) is 4.38. The number of hydrogen-bond acceptors (Lipinski definition) is 4. The topological polar surface area (TPSA) is 32.8 Å². The van der Waals surface area contributed by atoms with Gasteiger partial charge < -0.3 is 9.64 Å². The van der Waals surface area contributed by atoms with Crippen molar-refractivity contribution < 1.29 is 9.53 Å². The Balaban J connectivity index is 2.13. The first-order chi connectivity index (χ1) is 11.6. The number of rotatable bonds is 8. The van der Waals surface area contributed by atoms with Crippen LogP contribution in [0.1, 0.15) is 38.2 Å². The molecule has 1 fully saturated rings. The smallest absolute Gasteiger partial charge is 0.310 e. The van der Waals surface area contributed by atoms with E-state index in [4.69, 9.17) is 4.74 Å². The molecule has 0 aromatic heterocycles. The normalized spacial score (nSPS) is 21.2. The summed E-state index contributed by atoms with van der Waals surface area (Å²) >= 11 is 0. The van der Waals surface area contributed by atoms with Crippen molar-refractivity contribution in [1.29, 1.82) is 0 Å². The number of likely N-dealkylation sites (N-methyl/N-ethyl adjacent to an activating group) is 1. The Kier molecular flexibility index (Phi) is 7.73. The van der Waals surface area contributed by atoms with Crippen LogP contribution in [0.5, 0.6) is 0 Å². The second-order valence-corrected chi connectivity index (χ2v) is 6.97. The predicted molar refractivity (Wildman–Crippen MR) is 97.8 cm³/mol. The van der Waals surface area contributed by atoms with Crippen molar-refractivity contribution in [1.82, 2.24) is 9.80 Å². The molecular weight excluding hydrogens is 300 g/mol. The average molecular weight is 332 g/mol. The van der Waals surface area contributed by atoms with Crippen LogP contribution in [0.2, 0.25) is 0 Å². The number of hydrogen-bond donors (Lipinski definition) is 0. The Labute approximate surface area is 146 Å². The summed E-state index contributed by atoms with van der Waals surface area (Å²) in [5, 5.41) is 0. The Morgan fingerprint density at radius 2 is 1.83 bits per heavy atom. The van der Waals surface area contributed by atoms with Crippen molar-refractivity contribution in [3.8, 4) is 0 Å². The third kappa shape index (κ3) is 5.60. The van der Waals surface area contributed by atoms with E-state index in [0.717, 1.165) is 38.9 Å². The van der Waals surface area contributed by atoms with Gasteiger partial charge in [-0.15, -0.1) is 0 Å². The number of nitrogens with zero attached hydrogens (tertiary/aromatic N) is 2. The van der Waals surface area contributed by atoms with E-state index in [1.807, 2.05) is 6.92 Å². The molecule has 0 bridgehead atoms. The van der Waals surface area contributed by atoms with Crippen LogP contribution < -0.4 is 0 Å². The van der Waals surface area contributed by atoms with Crippen molar-refractivity contribution >= 4 is 5.97 Å². The highest BCUT2D eigenvalue weighted by molar-refractivity contribution is 5.73. The van der Waals surface area contributed by atoms with Gasteiger partial charge in [0.25, 0.3) is 0 Å². The Morgan fingerprint density at radius 3 is 2.50 bits per heavy atom. The molecule has 2 atom stereocenters. The number of ether oxygens (including phenoxy) is 1. The molecule has 4 nitrogen and oxygen atoms in total. The summed E-state index contributed by atoms with van der Waals surface area (Å²) in [5.41, 5.74) is 1.31. The molecule has 1 aromatic rings. The van der Waals surface area contributed by atoms with Gasteiger partial charge in [-0.1, -0.05) is 43.2 Å². The zero-order valence-electron chi connectivity index (χ0n) is 15.4. The first kappa shape index (κ1) is 18.9. The van der Waals surface area contributed by atoms with Crippen molar-refractivity contribution in [2.24, 2.45) is 5.92 Å². The van der Waals surface area contributed by atoms with Crippen LogP contribution in [0.15, 0.2) is 30.3 Å². The molecule has 4 heteroatoms. The van der Waals surface area contributed by atoms with Crippen LogP contribution in [0.4, 0.5) is 0 Å². The van der Waals surface area contributed by atoms with Crippen LogP contribution in [-0.4, -0.2) is 55.6 Å². The lowest BCUT2D eigenvalue weighted by atomic mass is 9.83. The van der Waals surface area contributed by atoms with Crippen molar-refractivity contribution in [2.75, 3.05) is 33.8 Å². The van der Waals surface area contributed by atoms with E-state index in [2.05, 4.69) is 54.2 Å². The van der Waals surface area contributed by atoms with Gasteiger partial charge in [0.1, 0.15) is 0 Å². The summed E-state index contributed by atoms with van der Waals surface area (Å²) in [7, 11) is 4.20. The van der Waals surface area contributed by atoms with Crippen LogP contribution in [0.25, 0.3) is 0 Å². The van der Waals surface area contributed by atoms with Gasteiger partial charge in [0.05, 0.1) is 12.5 Å². The zero-order chi connectivity index (χ0) is 17.4. The molecule has 1 aromatic carbocycles. The minimum absolute atomic E-state index is 0.00915. The maximum Gasteiger partial charge on any atom is 0.310 e. The summed E-state index contributed by atoms with van der Waals surface area (Å²) in [6.45, 7) is 5.23. The van der Waals surface area contributed by atoms with Gasteiger partial charge in [-0.2, -0.15) is 0 Å². The predicted octanol–water partition coefficient (Wildman–Crippen LogP) is 3.17. The summed E-state index contributed by atoms with van der Waals surface area (Å²) in [6, 6.07) is 10.9. The quantitative estimate of drug-likeness (QED) is 0.685. The summed E-state index contributed by atoms with van der Waals surface area (Å²) < 4.78 is 5.36. The molecule has 0 radical (unpaired) electrons. The largest absolute Gasteiger partial charge is 0.466 e. The van der Waals surface area contributed by atoms with E-state index < -0.39 is 0 Å². The SMILES string of the molecule is CCOC(=O)[C@@H]1CCCC[C@@H]1N(CCN(C)C)Cc1ccccc1.